The second-order valence-corrected chi connectivity index (χ2v) is 8.73. The van der Waals surface area contributed by atoms with Gasteiger partial charge >= 0.3 is 0 Å². The number of carbonyl (C=O) groups excluding carboxylic acids is 1. The molecular formula is C25H25ClN6O2. The Morgan fingerprint density at radius 1 is 1.15 bits per heavy atom. The summed E-state index contributed by atoms with van der Waals surface area (Å²) in [5, 5.41) is 3.70. The average Bonchev–Trinajstić information content (AvgIpc) is 3.29. The van der Waals surface area contributed by atoms with E-state index in [1.165, 1.54) is 5.56 Å². The maximum absolute atomic E-state index is 11.6. The molecule has 1 amide bonds. The summed E-state index contributed by atoms with van der Waals surface area (Å²) in [4.78, 5) is 27.0. The number of likely N-dealkylation sites (tertiary alicyclic amines) is 1. The van der Waals surface area contributed by atoms with Crippen LogP contribution in [0.5, 0.6) is 5.75 Å². The smallest absolute Gasteiger partial charge is 0.227 e. The molecule has 0 saturated carbocycles. The van der Waals surface area contributed by atoms with Gasteiger partial charge in [0.2, 0.25) is 11.9 Å². The van der Waals surface area contributed by atoms with Crippen LogP contribution in [-0.4, -0.2) is 50.4 Å². The number of piperidine rings is 1. The molecule has 0 bridgehead atoms. The van der Waals surface area contributed by atoms with Gasteiger partial charge in [0.05, 0.1) is 35.9 Å². The Labute approximate surface area is 202 Å². The molecule has 0 spiro atoms. The second-order valence-electron chi connectivity index (χ2n) is 8.33. The maximum Gasteiger partial charge on any atom is 0.227 e. The van der Waals surface area contributed by atoms with Crippen molar-refractivity contribution < 1.29 is 9.53 Å². The summed E-state index contributed by atoms with van der Waals surface area (Å²) in [6.45, 7) is 3.20. The van der Waals surface area contributed by atoms with Crippen molar-refractivity contribution in [2.75, 3.05) is 25.5 Å². The van der Waals surface area contributed by atoms with E-state index in [0.29, 0.717) is 28.3 Å². The lowest BCUT2D eigenvalue weighted by atomic mass is 9.89. The molecule has 8 nitrogen and oxygen atoms in total. The molecular weight excluding hydrogens is 452 g/mol. The van der Waals surface area contributed by atoms with E-state index >= 15 is 0 Å². The van der Waals surface area contributed by atoms with Gasteiger partial charge in [-0.25, -0.2) is 15.0 Å². The number of anilines is 2. The number of nitrogens with one attached hydrogen (secondary N) is 1. The number of imidazole rings is 1. The molecule has 9 heteroatoms. The Kier molecular flexibility index (Phi) is 6.06. The van der Waals surface area contributed by atoms with Crippen LogP contribution in [0.15, 0.2) is 55.0 Å². The number of hydrogen-bond acceptors (Lipinski definition) is 6. The van der Waals surface area contributed by atoms with Crippen LogP contribution in [-0.2, 0) is 4.79 Å². The highest BCUT2D eigenvalue weighted by Gasteiger charge is 2.23. The molecule has 1 saturated heterocycles. The fourth-order valence-electron chi connectivity index (χ4n) is 4.43. The zero-order chi connectivity index (χ0) is 23.7. The van der Waals surface area contributed by atoms with Gasteiger partial charge in [-0.2, -0.15) is 0 Å². The molecule has 4 heterocycles. The summed E-state index contributed by atoms with van der Waals surface area (Å²) in [7, 11) is 1.65. The van der Waals surface area contributed by atoms with Crippen molar-refractivity contribution in [2.45, 2.75) is 25.7 Å². The zero-order valence-electron chi connectivity index (χ0n) is 19.0. The number of nitrogens with zero attached hydrogens (tertiary/aromatic N) is 5. The topological polar surface area (TPSA) is 84.6 Å². The molecule has 0 aliphatic carbocycles. The predicted molar refractivity (Wildman–Crippen MR) is 132 cm³/mol. The normalized spacial score (nSPS) is 14.4. The lowest BCUT2D eigenvalue weighted by Gasteiger charge is -2.31. The van der Waals surface area contributed by atoms with Crippen LogP contribution in [0.3, 0.4) is 0 Å². The largest absolute Gasteiger partial charge is 0.495 e. The molecule has 1 aliphatic rings. The molecule has 1 fully saturated rings. The SMILES string of the molecule is COc1cc(C2CCN(C(C)=O)CC2)ccc1Nc1ncc(Cl)c(-c2cnc3ccccn23)n1. The van der Waals surface area contributed by atoms with E-state index in [9.17, 15) is 4.79 Å². The van der Waals surface area contributed by atoms with Crippen LogP contribution in [0.2, 0.25) is 5.02 Å². The van der Waals surface area contributed by atoms with E-state index in [1.54, 1.807) is 26.4 Å². The lowest BCUT2D eigenvalue weighted by Crippen LogP contribution is -2.36. The number of benzene rings is 1. The Morgan fingerprint density at radius 2 is 1.97 bits per heavy atom. The fraction of sp³-hybridized carbons (Fsp3) is 0.280. The number of amides is 1. The number of pyridine rings is 1. The van der Waals surface area contributed by atoms with E-state index < -0.39 is 0 Å². The second kappa shape index (κ2) is 9.30. The third kappa shape index (κ3) is 4.28. The van der Waals surface area contributed by atoms with Gasteiger partial charge in [-0.05, 0) is 48.6 Å². The molecule has 0 unspecified atom stereocenters. The third-order valence-electron chi connectivity index (χ3n) is 6.29. The molecule has 1 aromatic carbocycles. The minimum atomic E-state index is 0.141. The predicted octanol–water partition coefficient (Wildman–Crippen LogP) is 4.92. The summed E-state index contributed by atoms with van der Waals surface area (Å²) in [5.41, 5.74) is 4.15. The molecule has 5 rings (SSSR count). The Morgan fingerprint density at radius 3 is 2.74 bits per heavy atom. The van der Waals surface area contributed by atoms with Crippen LogP contribution in [0.1, 0.15) is 31.2 Å². The van der Waals surface area contributed by atoms with Gasteiger partial charge in [0.15, 0.2) is 0 Å². The van der Waals surface area contributed by atoms with E-state index in [2.05, 4.69) is 32.4 Å². The quantitative estimate of drug-likeness (QED) is 0.440. The van der Waals surface area contributed by atoms with Gasteiger partial charge in [-0.3, -0.25) is 9.20 Å². The molecule has 34 heavy (non-hydrogen) atoms. The monoisotopic (exact) mass is 476 g/mol. The van der Waals surface area contributed by atoms with Crippen molar-refractivity contribution in [2.24, 2.45) is 0 Å². The van der Waals surface area contributed by atoms with Crippen LogP contribution in [0.4, 0.5) is 11.6 Å². The van der Waals surface area contributed by atoms with Crippen molar-refractivity contribution in [3.8, 4) is 17.1 Å². The van der Waals surface area contributed by atoms with Gasteiger partial charge in [-0.15, -0.1) is 0 Å². The average molecular weight is 477 g/mol. The number of methoxy groups -OCH3 is 1. The molecule has 1 N–H and O–H groups in total. The summed E-state index contributed by atoms with van der Waals surface area (Å²) < 4.78 is 7.60. The van der Waals surface area contributed by atoms with Crippen molar-refractivity contribution in [3.05, 3.63) is 65.6 Å². The van der Waals surface area contributed by atoms with Gasteiger partial charge in [0.25, 0.3) is 0 Å². The maximum atomic E-state index is 11.6. The molecule has 3 aromatic heterocycles. The molecule has 1 aliphatic heterocycles. The van der Waals surface area contributed by atoms with Gasteiger partial charge in [0, 0.05) is 26.2 Å². The van der Waals surface area contributed by atoms with E-state index in [4.69, 9.17) is 16.3 Å². The number of fused-ring (bicyclic) bond motifs is 1. The van der Waals surface area contributed by atoms with Crippen LogP contribution in [0.25, 0.3) is 17.0 Å². The zero-order valence-corrected chi connectivity index (χ0v) is 19.8. The van der Waals surface area contributed by atoms with Crippen molar-refractivity contribution in [1.29, 1.82) is 0 Å². The minimum absolute atomic E-state index is 0.141. The highest BCUT2D eigenvalue weighted by molar-refractivity contribution is 6.32. The summed E-state index contributed by atoms with van der Waals surface area (Å²) in [5.74, 6) is 1.65. The first kappa shape index (κ1) is 22.2. The van der Waals surface area contributed by atoms with E-state index in [0.717, 1.165) is 43.0 Å². The lowest BCUT2D eigenvalue weighted by molar-refractivity contribution is -0.129. The van der Waals surface area contributed by atoms with Crippen molar-refractivity contribution in [3.63, 3.8) is 0 Å². The summed E-state index contributed by atoms with van der Waals surface area (Å²) in [6.07, 6.45) is 7.14. The minimum Gasteiger partial charge on any atom is -0.495 e. The Bertz CT molecular complexity index is 1350. The number of rotatable bonds is 5. The highest BCUT2D eigenvalue weighted by Crippen LogP contribution is 2.35. The standard InChI is InChI=1S/C25H25ClN6O2/c1-16(33)31-11-8-17(9-12-31)18-6-7-20(22(13-18)34-2)29-25-28-14-19(26)24(30-25)21-15-27-23-5-3-4-10-32(21)23/h3-7,10,13-15,17H,8-9,11-12H2,1-2H3,(H,28,29,30). The fourth-order valence-corrected chi connectivity index (χ4v) is 4.62. The first-order valence-corrected chi connectivity index (χ1v) is 11.6. The highest BCUT2D eigenvalue weighted by atomic mass is 35.5. The summed E-state index contributed by atoms with van der Waals surface area (Å²) in [6, 6.07) is 11.9. The van der Waals surface area contributed by atoms with E-state index in [-0.39, 0.29) is 5.91 Å². The molecule has 4 aromatic rings. The first-order chi connectivity index (χ1) is 16.5. The van der Waals surface area contributed by atoms with E-state index in [1.807, 2.05) is 39.8 Å². The summed E-state index contributed by atoms with van der Waals surface area (Å²) >= 11 is 6.44. The molecule has 0 radical (unpaired) electrons. The molecule has 174 valence electrons. The third-order valence-corrected chi connectivity index (χ3v) is 6.56. The van der Waals surface area contributed by atoms with Gasteiger partial charge in [0.1, 0.15) is 17.1 Å². The van der Waals surface area contributed by atoms with Crippen molar-refractivity contribution in [1.82, 2.24) is 24.3 Å². The number of aromatic nitrogens is 4. The van der Waals surface area contributed by atoms with Gasteiger partial charge < -0.3 is 15.0 Å². The van der Waals surface area contributed by atoms with Crippen molar-refractivity contribution >= 4 is 34.8 Å². The van der Waals surface area contributed by atoms with Crippen LogP contribution >= 0.6 is 11.6 Å². The first-order valence-electron chi connectivity index (χ1n) is 11.2. The number of hydrogen-bond donors (Lipinski definition) is 1. The van der Waals surface area contributed by atoms with Gasteiger partial charge in [-0.1, -0.05) is 23.7 Å². The number of carbonyl (C=O) groups is 1. The van der Waals surface area contributed by atoms with Crippen LogP contribution in [0, 0.1) is 0 Å². The Balaban J connectivity index is 1.39. The molecule has 0 atom stereocenters. The number of ether oxygens (including phenoxy) is 1. The van der Waals surface area contributed by atoms with Crippen LogP contribution < -0.4 is 10.1 Å². The number of halogens is 1. The Hall–Kier alpha value is -3.65.